The molecule has 2 heterocycles. The zero-order chi connectivity index (χ0) is 15.1. The van der Waals surface area contributed by atoms with E-state index in [0.29, 0.717) is 0 Å². The molecule has 0 bridgehead atoms. The summed E-state index contributed by atoms with van der Waals surface area (Å²) in [7, 11) is 1.43. The first-order chi connectivity index (χ1) is 10.2. The van der Waals surface area contributed by atoms with Gasteiger partial charge in [-0.25, -0.2) is 0 Å². The van der Waals surface area contributed by atoms with Crippen LogP contribution in [0.1, 0.15) is 26.2 Å². The molecule has 0 N–H and O–H groups in total. The average Bonchev–Trinajstić information content (AvgIpc) is 3.00. The molecule has 0 aromatic carbocycles. The molecule has 1 fully saturated rings. The summed E-state index contributed by atoms with van der Waals surface area (Å²) < 4.78 is 11.0. The number of hydrogen-bond donors (Lipinski definition) is 0. The molecule has 0 spiro atoms. The van der Waals surface area contributed by atoms with Gasteiger partial charge in [-0.15, -0.1) is 10.2 Å². The molecule has 2 rings (SSSR count). The van der Waals surface area contributed by atoms with Crippen LogP contribution in [0.5, 0.6) is 0 Å². The fourth-order valence-electron chi connectivity index (χ4n) is 2.00. The van der Waals surface area contributed by atoms with Crippen LogP contribution in [0.2, 0.25) is 0 Å². The van der Waals surface area contributed by atoms with Crippen LogP contribution < -0.4 is 4.90 Å². The Morgan fingerprint density at radius 2 is 2.24 bits per heavy atom. The normalized spacial score (nSPS) is 16.8. The van der Waals surface area contributed by atoms with E-state index in [2.05, 4.69) is 22.0 Å². The summed E-state index contributed by atoms with van der Waals surface area (Å²) in [6.45, 7) is 5.25. The highest BCUT2D eigenvalue weighted by atomic mass is 32.2. The van der Waals surface area contributed by atoms with Gasteiger partial charge in [0.25, 0.3) is 0 Å². The molecule has 0 unspecified atom stereocenters. The van der Waals surface area contributed by atoms with Gasteiger partial charge in [0.05, 0.1) is 20.3 Å². The van der Waals surface area contributed by atoms with Crippen molar-refractivity contribution < 1.29 is 14.3 Å². The summed E-state index contributed by atoms with van der Waals surface area (Å²) in [6, 6.07) is 0. The van der Waals surface area contributed by atoms with Crippen molar-refractivity contribution in [2.75, 3.05) is 38.3 Å². The first-order valence-corrected chi connectivity index (χ1v) is 8.85. The summed E-state index contributed by atoms with van der Waals surface area (Å²) in [6.07, 6.45) is 2.87. The second-order valence-electron chi connectivity index (χ2n) is 4.72. The Morgan fingerprint density at radius 3 is 2.90 bits per heavy atom. The fraction of sp³-hybridized carbons (Fsp3) is 0.769. The highest BCUT2D eigenvalue weighted by Crippen LogP contribution is 2.33. The summed E-state index contributed by atoms with van der Waals surface area (Å²) in [5.41, 5.74) is 0. The molecule has 0 aliphatic carbocycles. The number of anilines is 1. The zero-order valence-corrected chi connectivity index (χ0v) is 14.0. The van der Waals surface area contributed by atoms with Crippen LogP contribution in [0.3, 0.4) is 0 Å². The number of hydrogen-bond acceptors (Lipinski definition) is 8. The van der Waals surface area contributed by atoms with Crippen LogP contribution in [0.15, 0.2) is 4.34 Å². The minimum Gasteiger partial charge on any atom is -0.468 e. The Kier molecular flexibility index (Phi) is 6.72. The minimum absolute atomic E-state index is 0.184. The monoisotopic (exact) mass is 331 g/mol. The first-order valence-electron chi connectivity index (χ1n) is 7.15. The summed E-state index contributed by atoms with van der Waals surface area (Å²) in [5.74, 6) is -0.184. The fourth-order valence-corrected chi connectivity index (χ4v) is 4.20. The van der Waals surface area contributed by atoms with Gasteiger partial charge >= 0.3 is 5.97 Å². The van der Waals surface area contributed by atoms with Gasteiger partial charge in [0.1, 0.15) is 5.25 Å². The Bertz CT molecular complexity index is 450. The van der Waals surface area contributed by atoms with E-state index in [1.807, 2.05) is 0 Å². The maximum absolute atomic E-state index is 11.8. The van der Waals surface area contributed by atoms with E-state index >= 15 is 0 Å². The lowest BCUT2D eigenvalue weighted by Gasteiger charge is -2.25. The quantitative estimate of drug-likeness (QED) is 0.560. The molecule has 0 radical (unpaired) electrons. The Morgan fingerprint density at radius 1 is 1.48 bits per heavy atom. The Balaban J connectivity index is 1.96. The molecule has 1 aromatic rings. The lowest BCUT2D eigenvalue weighted by atomic mass is 10.2. The molecule has 0 amide bonds. The molecular weight excluding hydrogens is 310 g/mol. The number of carbonyl (C=O) groups excluding carboxylic acids is 1. The van der Waals surface area contributed by atoms with Crippen LogP contribution in [0.25, 0.3) is 0 Å². The van der Waals surface area contributed by atoms with Crippen molar-refractivity contribution in [1.29, 1.82) is 0 Å². The third kappa shape index (κ3) is 4.82. The number of esters is 1. The predicted octanol–water partition coefficient (Wildman–Crippen LogP) is 2.20. The van der Waals surface area contributed by atoms with Crippen LogP contribution in [0, 0.1) is 0 Å². The van der Waals surface area contributed by atoms with Gasteiger partial charge in [0, 0.05) is 13.1 Å². The van der Waals surface area contributed by atoms with Crippen molar-refractivity contribution in [2.24, 2.45) is 0 Å². The number of thioether (sulfide) groups is 1. The van der Waals surface area contributed by atoms with E-state index < -0.39 is 0 Å². The Labute approximate surface area is 133 Å². The first kappa shape index (κ1) is 16.5. The largest absolute Gasteiger partial charge is 0.468 e. The molecule has 1 aliphatic heterocycles. The van der Waals surface area contributed by atoms with Gasteiger partial charge in [-0.1, -0.05) is 42.9 Å². The number of methoxy groups -OCH3 is 1. The zero-order valence-electron chi connectivity index (χ0n) is 12.4. The van der Waals surface area contributed by atoms with E-state index in [9.17, 15) is 4.79 Å². The smallest absolute Gasteiger partial charge is 0.319 e. The number of carbonyl (C=O) groups is 1. The SMILES string of the molecule is CCCC[C@H](Sc1nnc(N2CCOCC2)s1)C(=O)OC. The molecule has 0 saturated carbocycles. The highest BCUT2D eigenvalue weighted by molar-refractivity contribution is 8.02. The van der Waals surface area contributed by atoms with Gasteiger partial charge < -0.3 is 14.4 Å². The average molecular weight is 331 g/mol. The topological polar surface area (TPSA) is 64.5 Å². The van der Waals surface area contributed by atoms with E-state index in [-0.39, 0.29) is 11.2 Å². The second-order valence-corrected chi connectivity index (χ2v) is 7.13. The molecule has 8 heteroatoms. The predicted molar refractivity (Wildman–Crippen MR) is 84.1 cm³/mol. The lowest BCUT2D eigenvalue weighted by molar-refractivity contribution is -0.140. The molecule has 1 aromatic heterocycles. The molecule has 118 valence electrons. The van der Waals surface area contributed by atoms with Crippen molar-refractivity contribution in [1.82, 2.24) is 10.2 Å². The molecule has 1 atom stereocenters. The summed E-state index contributed by atoms with van der Waals surface area (Å²) >= 11 is 2.99. The van der Waals surface area contributed by atoms with Gasteiger partial charge in [-0.2, -0.15) is 0 Å². The third-order valence-corrected chi connectivity index (χ3v) is 5.52. The summed E-state index contributed by atoms with van der Waals surface area (Å²) in [5, 5.41) is 9.13. The Hall–Kier alpha value is -0.860. The highest BCUT2D eigenvalue weighted by Gasteiger charge is 2.23. The summed E-state index contributed by atoms with van der Waals surface area (Å²) in [4.78, 5) is 14.0. The van der Waals surface area contributed by atoms with Crippen LogP contribution in [-0.2, 0) is 14.3 Å². The standard InChI is InChI=1S/C13H21N3O3S2/c1-3-4-5-10(11(17)18-2)20-13-15-14-12(21-13)16-6-8-19-9-7-16/h10H,3-9H2,1-2H3/t10-/m0/s1. The molecule has 6 nitrogen and oxygen atoms in total. The number of ether oxygens (including phenoxy) is 2. The third-order valence-electron chi connectivity index (χ3n) is 3.20. The van der Waals surface area contributed by atoms with Crippen molar-refractivity contribution in [2.45, 2.75) is 35.8 Å². The number of aromatic nitrogens is 2. The van der Waals surface area contributed by atoms with Crippen molar-refractivity contribution in [3.05, 3.63) is 0 Å². The number of unbranched alkanes of at least 4 members (excludes halogenated alkanes) is 1. The van der Waals surface area contributed by atoms with E-state index in [4.69, 9.17) is 9.47 Å². The maximum Gasteiger partial charge on any atom is 0.319 e. The van der Waals surface area contributed by atoms with E-state index in [1.165, 1.54) is 30.2 Å². The van der Waals surface area contributed by atoms with Crippen LogP contribution in [-0.4, -0.2) is 54.8 Å². The molecule has 1 aliphatic rings. The number of morpholine rings is 1. The van der Waals surface area contributed by atoms with Gasteiger partial charge in [0.15, 0.2) is 4.34 Å². The number of nitrogens with zero attached hydrogens (tertiary/aromatic N) is 3. The van der Waals surface area contributed by atoms with Gasteiger partial charge in [-0.05, 0) is 6.42 Å². The molecule has 1 saturated heterocycles. The van der Waals surface area contributed by atoms with Crippen molar-refractivity contribution in [3.63, 3.8) is 0 Å². The molecule has 21 heavy (non-hydrogen) atoms. The van der Waals surface area contributed by atoms with Crippen molar-refractivity contribution in [3.8, 4) is 0 Å². The number of rotatable bonds is 7. The van der Waals surface area contributed by atoms with Gasteiger partial charge in [0.2, 0.25) is 5.13 Å². The van der Waals surface area contributed by atoms with E-state index in [0.717, 1.165) is 55.0 Å². The van der Waals surface area contributed by atoms with Crippen molar-refractivity contribution >= 4 is 34.2 Å². The molecular formula is C13H21N3O3S2. The lowest BCUT2D eigenvalue weighted by Crippen LogP contribution is -2.36. The second kappa shape index (κ2) is 8.55. The van der Waals surface area contributed by atoms with E-state index in [1.54, 1.807) is 0 Å². The maximum atomic E-state index is 11.8. The minimum atomic E-state index is -0.194. The van der Waals surface area contributed by atoms with Gasteiger partial charge in [-0.3, -0.25) is 4.79 Å². The van der Waals surface area contributed by atoms with Crippen LogP contribution >= 0.6 is 23.1 Å². The van der Waals surface area contributed by atoms with Crippen LogP contribution in [0.4, 0.5) is 5.13 Å².